The Hall–Kier alpha value is -0.430. The molecule has 0 saturated carbocycles. The summed E-state index contributed by atoms with van der Waals surface area (Å²) < 4.78 is 7.76. The Bertz CT molecular complexity index is 427. The molecule has 0 unspecified atom stereocenters. The van der Waals surface area contributed by atoms with Gasteiger partial charge >= 0.3 is 0 Å². The van der Waals surface area contributed by atoms with Crippen LogP contribution in [0.1, 0.15) is 32.1 Å². The van der Waals surface area contributed by atoms with Crippen molar-refractivity contribution in [1.29, 1.82) is 0 Å². The van der Waals surface area contributed by atoms with Crippen molar-refractivity contribution < 1.29 is 4.74 Å². The van der Waals surface area contributed by atoms with Crippen LogP contribution in [0.25, 0.3) is 0 Å². The van der Waals surface area contributed by atoms with Crippen LogP contribution in [0.4, 0.5) is 0 Å². The highest BCUT2D eigenvalue weighted by Crippen LogP contribution is 2.20. The van der Waals surface area contributed by atoms with Gasteiger partial charge in [-0.2, -0.15) is 0 Å². The van der Waals surface area contributed by atoms with Crippen LogP contribution in [0.2, 0.25) is 0 Å². The maximum absolute atomic E-state index is 11.8. The normalized spacial score (nSPS) is 16.9. The van der Waals surface area contributed by atoms with Gasteiger partial charge in [-0.25, -0.2) is 4.98 Å². The summed E-state index contributed by atoms with van der Waals surface area (Å²) in [5, 5.41) is 0. The molecule has 2 rings (SSSR count). The summed E-state index contributed by atoms with van der Waals surface area (Å²) in [6.45, 7) is 2.63. The van der Waals surface area contributed by atoms with E-state index in [1.165, 1.54) is 25.7 Å². The van der Waals surface area contributed by atoms with E-state index in [-0.39, 0.29) is 5.56 Å². The minimum Gasteiger partial charge on any atom is -0.381 e. The molecule has 1 aliphatic heterocycles. The third-order valence-electron chi connectivity index (χ3n) is 3.46. The van der Waals surface area contributed by atoms with Crippen molar-refractivity contribution in [3.8, 4) is 0 Å². The average Bonchev–Trinajstić information content (AvgIpc) is 2.40. The molecule has 0 N–H and O–H groups in total. The minimum atomic E-state index is 0.0802. The molecule has 1 saturated heterocycles. The van der Waals surface area contributed by atoms with Crippen LogP contribution < -0.4 is 5.56 Å². The van der Waals surface area contributed by atoms with Crippen LogP contribution in [-0.4, -0.2) is 22.8 Å². The van der Waals surface area contributed by atoms with Gasteiger partial charge in [0.05, 0.1) is 9.90 Å². The van der Waals surface area contributed by atoms with E-state index in [0.717, 1.165) is 32.1 Å². The first-order chi connectivity index (χ1) is 8.77. The molecule has 1 fully saturated rings. The largest absolute Gasteiger partial charge is 0.381 e. The van der Waals surface area contributed by atoms with E-state index in [4.69, 9.17) is 4.74 Å². The predicted octanol–water partition coefficient (Wildman–Crippen LogP) is 2.44. The highest BCUT2D eigenvalue weighted by atomic mass is 127. The van der Waals surface area contributed by atoms with Crippen LogP contribution in [0.3, 0.4) is 0 Å². The Morgan fingerprint density at radius 2 is 2.17 bits per heavy atom. The number of aromatic nitrogens is 2. The monoisotopic (exact) mass is 362 g/mol. The summed E-state index contributed by atoms with van der Waals surface area (Å²) in [6, 6.07) is 0. The standard InChI is InChI=1S/C13H19IN2O2/c14-12-9-15-10-16(13(12)17)6-2-1-3-11-4-7-18-8-5-11/h9-11H,1-8H2. The second kappa shape index (κ2) is 7.23. The van der Waals surface area contributed by atoms with Crippen LogP contribution in [0.5, 0.6) is 0 Å². The molecule has 0 bridgehead atoms. The minimum absolute atomic E-state index is 0.0802. The quantitative estimate of drug-likeness (QED) is 0.597. The number of rotatable bonds is 5. The van der Waals surface area contributed by atoms with Gasteiger partial charge < -0.3 is 4.74 Å². The third kappa shape index (κ3) is 4.05. The molecule has 1 aromatic rings. The van der Waals surface area contributed by atoms with Crippen LogP contribution in [-0.2, 0) is 11.3 Å². The summed E-state index contributed by atoms with van der Waals surface area (Å²) in [5.41, 5.74) is 0.0802. The van der Waals surface area contributed by atoms with Crippen molar-refractivity contribution in [2.75, 3.05) is 13.2 Å². The molecule has 5 heteroatoms. The Morgan fingerprint density at radius 3 is 2.94 bits per heavy atom. The second-order valence-electron chi connectivity index (χ2n) is 4.79. The molecule has 0 aromatic carbocycles. The summed E-state index contributed by atoms with van der Waals surface area (Å²) in [5.74, 6) is 0.824. The molecule has 1 aromatic heterocycles. The summed E-state index contributed by atoms with van der Waals surface area (Å²) in [7, 11) is 0. The molecule has 1 aliphatic rings. The lowest BCUT2D eigenvalue weighted by molar-refractivity contribution is 0.0630. The first-order valence-electron chi connectivity index (χ1n) is 6.55. The number of hydrogen-bond donors (Lipinski definition) is 0. The Balaban J connectivity index is 1.71. The van der Waals surface area contributed by atoms with Crippen molar-refractivity contribution in [2.45, 2.75) is 38.6 Å². The zero-order valence-electron chi connectivity index (χ0n) is 10.5. The lowest BCUT2D eigenvalue weighted by Crippen LogP contribution is -2.22. The lowest BCUT2D eigenvalue weighted by Gasteiger charge is -2.21. The summed E-state index contributed by atoms with van der Waals surface area (Å²) in [4.78, 5) is 15.8. The molecule has 0 aliphatic carbocycles. The van der Waals surface area contributed by atoms with E-state index in [1.807, 2.05) is 22.6 Å². The van der Waals surface area contributed by atoms with Gasteiger partial charge in [0, 0.05) is 26.0 Å². The van der Waals surface area contributed by atoms with Crippen molar-refractivity contribution >= 4 is 22.6 Å². The van der Waals surface area contributed by atoms with Crippen LogP contribution >= 0.6 is 22.6 Å². The molecule has 4 nitrogen and oxygen atoms in total. The fourth-order valence-electron chi connectivity index (χ4n) is 2.33. The van der Waals surface area contributed by atoms with Crippen molar-refractivity contribution in [3.63, 3.8) is 0 Å². The Labute approximate surface area is 121 Å². The molecular formula is C13H19IN2O2. The zero-order chi connectivity index (χ0) is 12.8. The molecule has 2 heterocycles. The SMILES string of the molecule is O=c1c(I)cncn1CCCCC1CCOCC1. The van der Waals surface area contributed by atoms with E-state index < -0.39 is 0 Å². The van der Waals surface area contributed by atoms with E-state index in [0.29, 0.717) is 3.57 Å². The molecule has 100 valence electrons. The van der Waals surface area contributed by atoms with Crippen molar-refractivity contribution in [1.82, 2.24) is 9.55 Å². The predicted molar refractivity (Wildman–Crippen MR) is 78.6 cm³/mol. The molecule has 18 heavy (non-hydrogen) atoms. The number of nitrogens with zero attached hydrogens (tertiary/aromatic N) is 2. The van der Waals surface area contributed by atoms with Gasteiger partial charge in [0.1, 0.15) is 0 Å². The summed E-state index contributed by atoms with van der Waals surface area (Å²) in [6.07, 6.45) is 9.15. The van der Waals surface area contributed by atoms with Gasteiger partial charge in [0.2, 0.25) is 0 Å². The highest BCUT2D eigenvalue weighted by Gasteiger charge is 2.12. The van der Waals surface area contributed by atoms with Gasteiger partial charge in [-0.3, -0.25) is 9.36 Å². The number of hydrogen-bond acceptors (Lipinski definition) is 3. The van der Waals surface area contributed by atoms with Gasteiger partial charge in [-0.05, 0) is 47.8 Å². The number of unbranched alkanes of at least 4 members (excludes halogenated alkanes) is 1. The van der Waals surface area contributed by atoms with E-state index in [2.05, 4.69) is 4.98 Å². The fraction of sp³-hybridized carbons (Fsp3) is 0.692. The van der Waals surface area contributed by atoms with Crippen molar-refractivity contribution in [2.24, 2.45) is 5.92 Å². The Morgan fingerprint density at radius 1 is 1.39 bits per heavy atom. The van der Waals surface area contributed by atoms with Crippen molar-refractivity contribution in [3.05, 3.63) is 26.4 Å². The molecule has 0 spiro atoms. The first-order valence-corrected chi connectivity index (χ1v) is 7.63. The smallest absolute Gasteiger partial charge is 0.266 e. The van der Waals surface area contributed by atoms with Gasteiger partial charge in [0.25, 0.3) is 5.56 Å². The van der Waals surface area contributed by atoms with Gasteiger partial charge in [0.15, 0.2) is 0 Å². The van der Waals surface area contributed by atoms with Crippen LogP contribution in [0, 0.1) is 9.49 Å². The highest BCUT2D eigenvalue weighted by molar-refractivity contribution is 14.1. The molecular weight excluding hydrogens is 343 g/mol. The second-order valence-corrected chi connectivity index (χ2v) is 5.95. The number of halogens is 1. The first kappa shape index (κ1) is 14.0. The van der Waals surface area contributed by atoms with E-state index in [9.17, 15) is 4.79 Å². The zero-order valence-corrected chi connectivity index (χ0v) is 12.6. The molecule has 0 amide bonds. The van der Waals surface area contributed by atoms with Crippen LogP contribution in [0.15, 0.2) is 17.3 Å². The average molecular weight is 362 g/mol. The maximum Gasteiger partial charge on any atom is 0.266 e. The topological polar surface area (TPSA) is 44.1 Å². The molecule has 0 atom stereocenters. The van der Waals surface area contributed by atoms with E-state index in [1.54, 1.807) is 17.1 Å². The summed E-state index contributed by atoms with van der Waals surface area (Å²) >= 11 is 2.04. The number of ether oxygens (including phenoxy) is 1. The van der Waals surface area contributed by atoms with Gasteiger partial charge in [-0.15, -0.1) is 0 Å². The molecule has 0 radical (unpaired) electrons. The van der Waals surface area contributed by atoms with E-state index >= 15 is 0 Å². The Kier molecular flexibility index (Phi) is 5.62. The van der Waals surface area contributed by atoms with Gasteiger partial charge in [-0.1, -0.05) is 12.8 Å². The third-order valence-corrected chi connectivity index (χ3v) is 4.20. The fourth-order valence-corrected chi connectivity index (χ4v) is 2.80. The number of aryl methyl sites for hydroxylation is 1. The lowest BCUT2D eigenvalue weighted by atomic mass is 9.94. The maximum atomic E-state index is 11.8.